The average Bonchev–Trinajstić information content (AvgIpc) is 2.35. The zero-order valence-electron chi connectivity index (χ0n) is 10.7. The smallest absolute Gasteiger partial charge is 0.0500 e. The molecule has 0 saturated heterocycles. The highest BCUT2D eigenvalue weighted by Crippen LogP contribution is 2.30. The number of rotatable bonds is 3. The first-order valence-corrected chi connectivity index (χ1v) is 8.65. The second-order valence-electron chi connectivity index (χ2n) is 5.24. The fourth-order valence-corrected chi connectivity index (χ4v) is 4.95. The van der Waals surface area contributed by atoms with E-state index in [4.69, 9.17) is 5.73 Å². The van der Waals surface area contributed by atoms with Gasteiger partial charge >= 0.3 is 0 Å². The lowest BCUT2D eigenvalue weighted by atomic mass is 9.91. The van der Waals surface area contributed by atoms with Gasteiger partial charge in [0.1, 0.15) is 0 Å². The van der Waals surface area contributed by atoms with Gasteiger partial charge in [0.2, 0.25) is 0 Å². The molecule has 0 bridgehead atoms. The molecule has 2 rings (SSSR count). The molecular weight excluding hydrogens is 310 g/mol. The molecule has 18 heavy (non-hydrogen) atoms. The van der Waals surface area contributed by atoms with E-state index in [-0.39, 0.29) is 0 Å². The third-order valence-electron chi connectivity index (χ3n) is 3.67. The molecule has 1 aromatic rings. The van der Waals surface area contributed by atoms with Crippen LogP contribution in [0.1, 0.15) is 38.2 Å². The van der Waals surface area contributed by atoms with Gasteiger partial charge < -0.3 is 5.73 Å². The summed E-state index contributed by atoms with van der Waals surface area (Å²) in [7, 11) is -0.782. The summed E-state index contributed by atoms with van der Waals surface area (Å²) in [6.07, 6.45) is 4.72. The summed E-state index contributed by atoms with van der Waals surface area (Å²) in [5.41, 5.74) is 7.64. The Bertz CT molecular complexity index is 449. The van der Waals surface area contributed by atoms with Crippen LogP contribution in [0.15, 0.2) is 22.7 Å². The molecule has 3 atom stereocenters. The Hall–Kier alpha value is -0.350. The first-order chi connectivity index (χ1) is 8.58. The molecule has 3 unspecified atom stereocenters. The first-order valence-electron chi connectivity index (χ1n) is 6.48. The number of anilines is 1. The standard InChI is InChI=1S/C14H20BrNOS/c1-10-4-2-6-12(8-10)18(17)9-11-5-3-7-13(16)14(11)15/h3,5,7,10,12H,2,4,6,8-9,16H2,1H3. The van der Waals surface area contributed by atoms with Crippen molar-refractivity contribution in [2.75, 3.05) is 5.73 Å². The predicted molar refractivity (Wildman–Crippen MR) is 81.8 cm³/mol. The Balaban J connectivity index is 2.04. The lowest BCUT2D eigenvalue weighted by Gasteiger charge is -2.26. The van der Waals surface area contributed by atoms with Gasteiger partial charge in [0.15, 0.2) is 0 Å². The fourth-order valence-electron chi connectivity index (χ4n) is 2.60. The molecule has 0 radical (unpaired) electrons. The van der Waals surface area contributed by atoms with Gasteiger partial charge in [0.05, 0.1) is 0 Å². The maximum absolute atomic E-state index is 12.4. The molecule has 4 heteroatoms. The van der Waals surface area contributed by atoms with Crippen LogP contribution >= 0.6 is 15.9 Å². The van der Waals surface area contributed by atoms with Crippen molar-refractivity contribution in [3.63, 3.8) is 0 Å². The highest BCUT2D eigenvalue weighted by atomic mass is 79.9. The van der Waals surface area contributed by atoms with Gasteiger partial charge in [-0.15, -0.1) is 0 Å². The number of halogens is 1. The highest BCUT2D eigenvalue weighted by molar-refractivity contribution is 9.10. The maximum atomic E-state index is 12.4. The maximum Gasteiger partial charge on any atom is 0.0500 e. The summed E-state index contributed by atoms with van der Waals surface area (Å²) < 4.78 is 13.3. The largest absolute Gasteiger partial charge is 0.398 e. The van der Waals surface area contributed by atoms with Crippen molar-refractivity contribution in [1.29, 1.82) is 0 Å². The highest BCUT2D eigenvalue weighted by Gasteiger charge is 2.24. The van der Waals surface area contributed by atoms with Crippen LogP contribution in [0.4, 0.5) is 5.69 Å². The van der Waals surface area contributed by atoms with Gasteiger partial charge in [-0.2, -0.15) is 0 Å². The fraction of sp³-hybridized carbons (Fsp3) is 0.571. The van der Waals surface area contributed by atoms with Crippen LogP contribution < -0.4 is 5.73 Å². The zero-order chi connectivity index (χ0) is 13.1. The van der Waals surface area contributed by atoms with E-state index in [1.807, 2.05) is 18.2 Å². The summed E-state index contributed by atoms with van der Waals surface area (Å²) in [6.45, 7) is 2.26. The minimum atomic E-state index is -0.782. The molecule has 1 aliphatic rings. The normalized spacial score (nSPS) is 25.9. The van der Waals surface area contributed by atoms with E-state index < -0.39 is 10.8 Å². The Labute approximate surface area is 120 Å². The van der Waals surface area contributed by atoms with Crippen LogP contribution in [0.5, 0.6) is 0 Å². The minimum absolute atomic E-state index is 0.363. The monoisotopic (exact) mass is 329 g/mol. The van der Waals surface area contributed by atoms with Crippen LogP contribution in [-0.4, -0.2) is 9.46 Å². The lowest BCUT2D eigenvalue weighted by molar-refractivity contribution is 0.389. The topological polar surface area (TPSA) is 43.1 Å². The SMILES string of the molecule is CC1CCCC(S(=O)Cc2cccc(N)c2Br)C1. The molecule has 2 nitrogen and oxygen atoms in total. The van der Waals surface area contributed by atoms with Gasteiger partial charge in [-0.3, -0.25) is 4.21 Å². The van der Waals surface area contributed by atoms with E-state index in [0.29, 0.717) is 11.0 Å². The van der Waals surface area contributed by atoms with Crippen molar-refractivity contribution < 1.29 is 4.21 Å². The Morgan fingerprint density at radius 1 is 1.44 bits per heavy atom. The summed E-state index contributed by atoms with van der Waals surface area (Å²) in [6, 6.07) is 5.79. The van der Waals surface area contributed by atoms with Crippen LogP contribution in [-0.2, 0) is 16.6 Å². The molecule has 0 aliphatic heterocycles. The third-order valence-corrected chi connectivity index (χ3v) is 6.40. The number of hydrogen-bond donors (Lipinski definition) is 1. The van der Waals surface area contributed by atoms with E-state index >= 15 is 0 Å². The van der Waals surface area contributed by atoms with Gasteiger partial charge in [-0.05, 0) is 46.3 Å². The van der Waals surface area contributed by atoms with E-state index in [1.54, 1.807) is 0 Å². The summed E-state index contributed by atoms with van der Waals surface area (Å²) in [4.78, 5) is 0. The average molecular weight is 330 g/mol. The molecular formula is C14H20BrNOS. The summed E-state index contributed by atoms with van der Waals surface area (Å²) in [5, 5.41) is 0.363. The Kier molecular flexibility index (Phi) is 4.84. The van der Waals surface area contributed by atoms with Gasteiger partial charge in [0, 0.05) is 32.0 Å². The molecule has 0 spiro atoms. The minimum Gasteiger partial charge on any atom is -0.398 e. The predicted octanol–water partition coefficient (Wildman–Crippen LogP) is 3.86. The lowest BCUT2D eigenvalue weighted by Crippen LogP contribution is -2.24. The van der Waals surface area contributed by atoms with Crippen LogP contribution in [0.3, 0.4) is 0 Å². The number of benzene rings is 1. The summed E-state index contributed by atoms with van der Waals surface area (Å²) >= 11 is 3.49. The summed E-state index contributed by atoms with van der Waals surface area (Å²) in [5.74, 6) is 1.33. The van der Waals surface area contributed by atoms with E-state index in [9.17, 15) is 4.21 Å². The van der Waals surface area contributed by atoms with Gasteiger partial charge in [0.25, 0.3) is 0 Å². The molecule has 1 saturated carbocycles. The van der Waals surface area contributed by atoms with E-state index in [0.717, 1.165) is 34.5 Å². The van der Waals surface area contributed by atoms with Crippen LogP contribution in [0.25, 0.3) is 0 Å². The van der Waals surface area contributed by atoms with Crippen molar-refractivity contribution in [2.45, 2.75) is 43.6 Å². The molecule has 1 fully saturated rings. The molecule has 1 aliphatic carbocycles. The van der Waals surface area contributed by atoms with Gasteiger partial charge in [-0.1, -0.05) is 31.9 Å². The molecule has 0 aromatic heterocycles. The molecule has 0 amide bonds. The van der Waals surface area contributed by atoms with Crippen molar-refractivity contribution in [3.05, 3.63) is 28.2 Å². The van der Waals surface area contributed by atoms with Crippen molar-refractivity contribution in [2.24, 2.45) is 5.92 Å². The van der Waals surface area contributed by atoms with Crippen molar-refractivity contribution in [1.82, 2.24) is 0 Å². The number of hydrogen-bond acceptors (Lipinski definition) is 2. The second kappa shape index (κ2) is 6.20. The van der Waals surface area contributed by atoms with Gasteiger partial charge in [-0.25, -0.2) is 0 Å². The third kappa shape index (κ3) is 3.35. The molecule has 1 aromatic carbocycles. The van der Waals surface area contributed by atoms with E-state index in [2.05, 4.69) is 22.9 Å². The number of nitrogen functional groups attached to an aromatic ring is 1. The Morgan fingerprint density at radius 3 is 2.94 bits per heavy atom. The van der Waals surface area contributed by atoms with Crippen LogP contribution in [0.2, 0.25) is 0 Å². The van der Waals surface area contributed by atoms with Crippen molar-refractivity contribution >= 4 is 32.4 Å². The quantitative estimate of drug-likeness (QED) is 0.855. The first kappa shape index (κ1) is 14.1. The molecule has 2 N–H and O–H groups in total. The molecule has 100 valence electrons. The van der Waals surface area contributed by atoms with Crippen molar-refractivity contribution in [3.8, 4) is 0 Å². The molecule has 0 heterocycles. The number of nitrogens with two attached hydrogens (primary N) is 1. The zero-order valence-corrected chi connectivity index (χ0v) is 13.1. The second-order valence-corrected chi connectivity index (χ2v) is 7.75. The van der Waals surface area contributed by atoms with Crippen LogP contribution in [0, 0.1) is 5.92 Å². The Morgan fingerprint density at radius 2 is 2.22 bits per heavy atom. The van der Waals surface area contributed by atoms with E-state index in [1.165, 1.54) is 12.8 Å².